The van der Waals surface area contributed by atoms with E-state index in [1.165, 1.54) is 57.8 Å². The molecule has 3 aliphatic rings. The minimum Gasteiger partial charge on any atom is -0.381 e. The molecule has 3 saturated carbocycles. The average Bonchev–Trinajstić information content (AvgIpc) is 3.08. The van der Waals surface area contributed by atoms with Crippen LogP contribution in [0.15, 0.2) is 0 Å². The van der Waals surface area contributed by atoms with Gasteiger partial charge in [-0.05, 0) is 75.5 Å². The van der Waals surface area contributed by atoms with Gasteiger partial charge in [0.1, 0.15) is 0 Å². The third kappa shape index (κ3) is 3.76. The van der Waals surface area contributed by atoms with Crippen LogP contribution >= 0.6 is 0 Å². The second-order valence-corrected chi connectivity index (χ2v) is 7.43. The number of ether oxygens (including phenoxy) is 2. The zero-order valence-electron chi connectivity index (χ0n) is 13.2. The summed E-state index contributed by atoms with van der Waals surface area (Å²) in [5.74, 6) is 3.64. The van der Waals surface area contributed by atoms with Crippen LogP contribution in [0.5, 0.6) is 0 Å². The zero-order valence-corrected chi connectivity index (χ0v) is 13.2. The second kappa shape index (κ2) is 7.26. The van der Waals surface area contributed by atoms with Crippen LogP contribution in [0.25, 0.3) is 0 Å². The van der Waals surface area contributed by atoms with Crippen LogP contribution < -0.4 is 0 Å². The monoisotopic (exact) mass is 280 g/mol. The molecule has 3 fully saturated rings. The molecular weight excluding hydrogens is 248 g/mol. The molecule has 0 aliphatic heterocycles. The van der Waals surface area contributed by atoms with Gasteiger partial charge in [0.2, 0.25) is 0 Å². The summed E-state index contributed by atoms with van der Waals surface area (Å²) in [7, 11) is 0. The van der Waals surface area contributed by atoms with E-state index in [1.54, 1.807) is 0 Å². The molecule has 0 aromatic heterocycles. The standard InChI is InChI=1S/C18H32O2/c1-2-19-13-16-5-3-4-14(10-16)8-9-20-18-12-15-6-7-17(18)11-15/h14-18H,2-13H2,1H3. The van der Waals surface area contributed by atoms with Crippen LogP contribution in [0, 0.1) is 23.7 Å². The van der Waals surface area contributed by atoms with Gasteiger partial charge in [0, 0.05) is 19.8 Å². The average molecular weight is 280 g/mol. The lowest BCUT2D eigenvalue weighted by Crippen LogP contribution is -2.24. The van der Waals surface area contributed by atoms with Crippen molar-refractivity contribution in [2.75, 3.05) is 19.8 Å². The Morgan fingerprint density at radius 1 is 0.950 bits per heavy atom. The van der Waals surface area contributed by atoms with Crippen LogP contribution in [0.2, 0.25) is 0 Å². The number of hydrogen-bond acceptors (Lipinski definition) is 2. The highest BCUT2D eigenvalue weighted by Gasteiger charge is 2.40. The first-order valence-corrected chi connectivity index (χ1v) is 9.04. The predicted octanol–water partition coefficient (Wildman–Crippen LogP) is 4.42. The quantitative estimate of drug-likeness (QED) is 0.687. The Morgan fingerprint density at radius 3 is 2.60 bits per heavy atom. The Morgan fingerprint density at radius 2 is 1.85 bits per heavy atom. The van der Waals surface area contributed by atoms with Gasteiger partial charge in [0.25, 0.3) is 0 Å². The molecule has 5 unspecified atom stereocenters. The lowest BCUT2D eigenvalue weighted by molar-refractivity contribution is 0.00407. The van der Waals surface area contributed by atoms with Crippen molar-refractivity contribution < 1.29 is 9.47 Å². The van der Waals surface area contributed by atoms with E-state index in [9.17, 15) is 0 Å². The molecule has 0 radical (unpaired) electrons. The van der Waals surface area contributed by atoms with E-state index in [2.05, 4.69) is 6.92 Å². The lowest BCUT2D eigenvalue weighted by Gasteiger charge is -2.30. The maximum atomic E-state index is 6.22. The molecule has 0 spiro atoms. The first-order chi connectivity index (χ1) is 9.85. The predicted molar refractivity (Wildman–Crippen MR) is 81.7 cm³/mol. The van der Waals surface area contributed by atoms with Gasteiger partial charge in [0.05, 0.1) is 6.10 Å². The molecule has 2 heteroatoms. The summed E-state index contributed by atoms with van der Waals surface area (Å²) in [4.78, 5) is 0. The van der Waals surface area contributed by atoms with Crippen molar-refractivity contribution in [3.8, 4) is 0 Å². The van der Waals surface area contributed by atoms with Crippen LogP contribution in [-0.4, -0.2) is 25.9 Å². The largest absolute Gasteiger partial charge is 0.381 e. The van der Waals surface area contributed by atoms with E-state index >= 15 is 0 Å². The highest BCUT2D eigenvalue weighted by molar-refractivity contribution is 4.90. The van der Waals surface area contributed by atoms with Crippen molar-refractivity contribution in [1.82, 2.24) is 0 Å². The molecule has 2 nitrogen and oxygen atoms in total. The van der Waals surface area contributed by atoms with Crippen molar-refractivity contribution in [2.45, 2.75) is 70.8 Å². The Hall–Kier alpha value is -0.0800. The fourth-order valence-electron chi connectivity index (χ4n) is 4.88. The molecule has 0 heterocycles. The summed E-state index contributed by atoms with van der Waals surface area (Å²) in [6.45, 7) is 4.97. The third-order valence-electron chi connectivity index (χ3n) is 5.98. The normalized spacial score (nSPS) is 40.4. The van der Waals surface area contributed by atoms with Gasteiger partial charge in [-0.2, -0.15) is 0 Å². The molecule has 20 heavy (non-hydrogen) atoms. The minimum atomic E-state index is 0.622. The van der Waals surface area contributed by atoms with E-state index in [4.69, 9.17) is 9.47 Å². The number of rotatable bonds is 7. The van der Waals surface area contributed by atoms with Crippen molar-refractivity contribution in [2.24, 2.45) is 23.7 Å². The molecule has 0 N–H and O–H groups in total. The summed E-state index contributed by atoms with van der Waals surface area (Å²) < 4.78 is 11.8. The maximum absolute atomic E-state index is 6.22. The number of hydrogen-bond donors (Lipinski definition) is 0. The summed E-state index contributed by atoms with van der Waals surface area (Å²) in [5.41, 5.74) is 0. The molecule has 0 amide bonds. The fourth-order valence-corrected chi connectivity index (χ4v) is 4.88. The van der Waals surface area contributed by atoms with Gasteiger partial charge in [-0.15, -0.1) is 0 Å². The molecule has 5 atom stereocenters. The number of fused-ring (bicyclic) bond motifs is 2. The van der Waals surface area contributed by atoms with Gasteiger partial charge in [-0.3, -0.25) is 0 Å². The summed E-state index contributed by atoms with van der Waals surface area (Å²) >= 11 is 0. The molecule has 0 saturated heterocycles. The Bertz CT molecular complexity index is 291. The molecule has 0 aromatic rings. The Labute approximate surface area is 124 Å². The van der Waals surface area contributed by atoms with Gasteiger partial charge < -0.3 is 9.47 Å². The van der Waals surface area contributed by atoms with E-state index in [-0.39, 0.29) is 0 Å². The first kappa shape index (κ1) is 14.8. The van der Waals surface area contributed by atoms with Crippen LogP contribution in [0.4, 0.5) is 0 Å². The van der Waals surface area contributed by atoms with Gasteiger partial charge in [-0.1, -0.05) is 12.8 Å². The van der Waals surface area contributed by atoms with Crippen molar-refractivity contribution in [3.05, 3.63) is 0 Å². The zero-order chi connectivity index (χ0) is 13.8. The third-order valence-corrected chi connectivity index (χ3v) is 5.98. The van der Waals surface area contributed by atoms with Crippen LogP contribution in [0.1, 0.15) is 64.7 Å². The van der Waals surface area contributed by atoms with Crippen LogP contribution in [-0.2, 0) is 9.47 Å². The van der Waals surface area contributed by atoms with E-state index in [0.29, 0.717) is 6.10 Å². The topological polar surface area (TPSA) is 18.5 Å². The highest BCUT2D eigenvalue weighted by Crippen LogP contribution is 2.46. The molecule has 3 aliphatic carbocycles. The minimum absolute atomic E-state index is 0.622. The first-order valence-electron chi connectivity index (χ1n) is 9.04. The maximum Gasteiger partial charge on any atom is 0.0606 e. The van der Waals surface area contributed by atoms with E-state index in [0.717, 1.165) is 43.5 Å². The molecule has 116 valence electrons. The second-order valence-electron chi connectivity index (χ2n) is 7.43. The van der Waals surface area contributed by atoms with Crippen LogP contribution in [0.3, 0.4) is 0 Å². The highest BCUT2D eigenvalue weighted by atomic mass is 16.5. The molecule has 0 aromatic carbocycles. The van der Waals surface area contributed by atoms with Crippen molar-refractivity contribution in [3.63, 3.8) is 0 Å². The fraction of sp³-hybridized carbons (Fsp3) is 1.00. The molecule has 3 rings (SSSR count). The summed E-state index contributed by atoms with van der Waals surface area (Å²) in [6.07, 6.45) is 13.2. The summed E-state index contributed by atoms with van der Waals surface area (Å²) in [5, 5.41) is 0. The van der Waals surface area contributed by atoms with Crippen molar-refractivity contribution >= 4 is 0 Å². The van der Waals surface area contributed by atoms with E-state index < -0.39 is 0 Å². The van der Waals surface area contributed by atoms with Crippen molar-refractivity contribution in [1.29, 1.82) is 0 Å². The smallest absolute Gasteiger partial charge is 0.0606 e. The van der Waals surface area contributed by atoms with E-state index in [1.807, 2.05) is 0 Å². The van der Waals surface area contributed by atoms with Gasteiger partial charge in [0.15, 0.2) is 0 Å². The Kier molecular flexibility index (Phi) is 5.39. The lowest BCUT2D eigenvalue weighted by atomic mass is 9.80. The van der Waals surface area contributed by atoms with Gasteiger partial charge >= 0.3 is 0 Å². The SMILES string of the molecule is CCOCC1CCCC(CCOC2CC3CCC2C3)C1. The molecular formula is C18H32O2. The summed E-state index contributed by atoms with van der Waals surface area (Å²) in [6, 6.07) is 0. The van der Waals surface area contributed by atoms with Gasteiger partial charge in [-0.25, -0.2) is 0 Å². The Balaban J connectivity index is 1.32. The molecule has 2 bridgehead atoms.